The van der Waals surface area contributed by atoms with Crippen molar-refractivity contribution in [3.63, 3.8) is 0 Å². The number of nitrogens with zero attached hydrogens (tertiary/aromatic N) is 2. The fraction of sp³-hybridized carbons (Fsp3) is 0.318. The van der Waals surface area contributed by atoms with E-state index in [1.807, 2.05) is 12.1 Å². The van der Waals surface area contributed by atoms with E-state index in [0.717, 1.165) is 31.3 Å². The Balaban J connectivity index is 1.38. The van der Waals surface area contributed by atoms with Gasteiger partial charge in [0.05, 0.1) is 22.8 Å². The molecule has 29 heavy (non-hydrogen) atoms. The molecular weight excluding hydrogens is 368 g/mol. The van der Waals surface area contributed by atoms with Crippen LogP contribution in [-0.2, 0) is 0 Å². The van der Waals surface area contributed by atoms with Gasteiger partial charge in [-0.2, -0.15) is 0 Å². The smallest absolute Gasteiger partial charge is 0.259 e. The Labute approximate surface area is 168 Å². The van der Waals surface area contributed by atoms with Gasteiger partial charge in [0, 0.05) is 18.8 Å². The summed E-state index contributed by atoms with van der Waals surface area (Å²) in [6.45, 7) is 6.12. The minimum Gasteiger partial charge on any atom is -0.492 e. The van der Waals surface area contributed by atoms with Crippen LogP contribution < -0.4 is 15.6 Å². The zero-order chi connectivity index (χ0) is 20.2. The van der Waals surface area contributed by atoms with E-state index in [2.05, 4.69) is 27.1 Å². The molecule has 1 aliphatic rings. The van der Waals surface area contributed by atoms with Gasteiger partial charge in [-0.25, -0.2) is 4.98 Å². The topological polar surface area (TPSA) is 87.3 Å². The Hall–Kier alpha value is -3.19. The Bertz CT molecular complexity index is 1060. The molecule has 1 fully saturated rings. The molecule has 1 aliphatic heterocycles. The number of carbonyl (C=O) groups excluding carboxylic acids is 1. The highest BCUT2D eigenvalue weighted by atomic mass is 16.5. The average molecular weight is 392 g/mol. The molecular formula is C22H24N4O3. The van der Waals surface area contributed by atoms with Crippen molar-refractivity contribution in [3.05, 3.63) is 64.7 Å². The van der Waals surface area contributed by atoms with Crippen LogP contribution in [0.25, 0.3) is 10.9 Å². The van der Waals surface area contributed by atoms with Crippen LogP contribution in [0.15, 0.2) is 53.6 Å². The SMILES string of the molecule is CC1CCN(CCOc2ccc(NC(=O)c3cccc4nc[nH]c(=O)c34)cc2)C1. The molecule has 1 unspecified atom stereocenters. The highest BCUT2D eigenvalue weighted by molar-refractivity contribution is 6.12. The van der Waals surface area contributed by atoms with Crippen molar-refractivity contribution < 1.29 is 9.53 Å². The summed E-state index contributed by atoms with van der Waals surface area (Å²) in [6, 6.07) is 12.3. The van der Waals surface area contributed by atoms with Crippen LogP contribution in [0.1, 0.15) is 23.7 Å². The number of carbonyl (C=O) groups is 1. The maximum absolute atomic E-state index is 12.7. The van der Waals surface area contributed by atoms with Gasteiger partial charge in [-0.15, -0.1) is 0 Å². The summed E-state index contributed by atoms with van der Waals surface area (Å²) >= 11 is 0. The van der Waals surface area contributed by atoms with E-state index in [9.17, 15) is 9.59 Å². The number of benzene rings is 2. The highest BCUT2D eigenvalue weighted by Crippen LogP contribution is 2.19. The van der Waals surface area contributed by atoms with Crippen molar-refractivity contribution in [2.24, 2.45) is 5.92 Å². The summed E-state index contributed by atoms with van der Waals surface area (Å²) in [5.74, 6) is 1.18. The molecule has 7 heteroatoms. The molecule has 1 saturated heterocycles. The second-order valence-electron chi connectivity index (χ2n) is 7.45. The first kappa shape index (κ1) is 19.1. The standard InChI is InChI=1S/C22H24N4O3/c1-15-9-10-26(13-15)11-12-29-17-7-5-16(6-8-17)25-21(27)18-3-2-4-19-20(18)22(28)24-14-23-19/h2-8,14-15H,9-13H2,1H3,(H,25,27)(H,23,24,28). The largest absolute Gasteiger partial charge is 0.492 e. The molecule has 7 nitrogen and oxygen atoms in total. The second kappa shape index (κ2) is 8.45. The van der Waals surface area contributed by atoms with E-state index in [-0.39, 0.29) is 22.4 Å². The van der Waals surface area contributed by atoms with Crippen LogP contribution in [0.5, 0.6) is 5.75 Å². The van der Waals surface area contributed by atoms with Crippen molar-refractivity contribution >= 4 is 22.5 Å². The van der Waals surface area contributed by atoms with Crippen molar-refractivity contribution in [3.8, 4) is 5.75 Å². The molecule has 1 amide bonds. The van der Waals surface area contributed by atoms with Gasteiger partial charge >= 0.3 is 0 Å². The van der Waals surface area contributed by atoms with Crippen LogP contribution in [0.4, 0.5) is 5.69 Å². The first-order valence-corrected chi connectivity index (χ1v) is 9.83. The summed E-state index contributed by atoms with van der Waals surface area (Å²) < 4.78 is 5.81. The molecule has 0 saturated carbocycles. The Morgan fingerprint density at radius 3 is 2.86 bits per heavy atom. The van der Waals surface area contributed by atoms with Gasteiger partial charge in [-0.1, -0.05) is 13.0 Å². The molecule has 2 heterocycles. The molecule has 0 radical (unpaired) electrons. The summed E-state index contributed by atoms with van der Waals surface area (Å²) in [6.07, 6.45) is 2.59. The van der Waals surface area contributed by atoms with Crippen LogP contribution >= 0.6 is 0 Å². The number of fused-ring (bicyclic) bond motifs is 1. The van der Waals surface area contributed by atoms with Gasteiger partial charge in [0.25, 0.3) is 11.5 Å². The summed E-state index contributed by atoms with van der Waals surface area (Å²) in [5, 5.41) is 3.11. The van der Waals surface area contributed by atoms with Crippen molar-refractivity contribution in [2.45, 2.75) is 13.3 Å². The number of aromatic nitrogens is 2. The van der Waals surface area contributed by atoms with Crippen LogP contribution in [0, 0.1) is 5.92 Å². The third-order valence-electron chi connectivity index (χ3n) is 5.21. The van der Waals surface area contributed by atoms with E-state index < -0.39 is 0 Å². The quantitative estimate of drug-likeness (QED) is 0.674. The Morgan fingerprint density at radius 1 is 1.28 bits per heavy atom. The lowest BCUT2D eigenvalue weighted by atomic mass is 10.1. The summed E-state index contributed by atoms with van der Waals surface area (Å²) in [7, 11) is 0. The monoisotopic (exact) mass is 392 g/mol. The number of anilines is 1. The van der Waals surface area contributed by atoms with E-state index in [1.165, 1.54) is 12.7 Å². The second-order valence-corrected chi connectivity index (χ2v) is 7.45. The third kappa shape index (κ3) is 4.46. The third-order valence-corrected chi connectivity index (χ3v) is 5.21. The number of H-pyrrole nitrogens is 1. The lowest BCUT2D eigenvalue weighted by Gasteiger charge is -2.15. The van der Waals surface area contributed by atoms with Crippen LogP contribution in [-0.4, -0.2) is 47.0 Å². The average Bonchev–Trinajstić information content (AvgIpc) is 3.14. The first-order valence-electron chi connectivity index (χ1n) is 9.83. The van der Waals surface area contributed by atoms with E-state index in [1.54, 1.807) is 30.3 Å². The number of likely N-dealkylation sites (tertiary alicyclic amines) is 1. The number of rotatable bonds is 6. The van der Waals surface area contributed by atoms with Crippen molar-refractivity contribution in [1.82, 2.24) is 14.9 Å². The number of hydrogen-bond donors (Lipinski definition) is 2. The number of nitrogens with one attached hydrogen (secondary N) is 2. The van der Waals surface area contributed by atoms with E-state index in [4.69, 9.17) is 4.74 Å². The summed E-state index contributed by atoms with van der Waals surface area (Å²) in [5.41, 5.74) is 1.07. The van der Waals surface area contributed by atoms with Gasteiger partial charge in [0.1, 0.15) is 12.4 Å². The normalized spacial score (nSPS) is 16.8. The predicted octanol–water partition coefficient (Wildman–Crippen LogP) is 2.90. The zero-order valence-corrected chi connectivity index (χ0v) is 16.4. The molecule has 2 aromatic carbocycles. The van der Waals surface area contributed by atoms with Gasteiger partial charge in [-0.3, -0.25) is 14.5 Å². The minimum absolute atomic E-state index is 0.281. The first-order chi connectivity index (χ1) is 14.1. The molecule has 2 N–H and O–H groups in total. The van der Waals surface area contributed by atoms with Crippen LogP contribution in [0.2, 0.25) is 0 Å². The maximum Gasteiger partial charge on any atom is 0.259 e. The highest BCUT2D eigenvalue weighted by Gasteiger charge is 2.18. The van der Waals surface area contributed by atoms with Gasteiger partial charge < -0.3 is 15.0 Å². The fourth-order valence-corrected chi connectivity index (χ4v) is 3.66. The predicted molar refractivity (Wildman–Crippen MR) is 112 cm³/mol. The minimum atomic E-state index is -0.356. The number of hydrogen-bond acceptors (Lipinski definition) is 5. The van der Waals surface area contributed by atoms with E-state index >= 15 is 0 Å². The van der Waals surface area contributed by atoms with E-state index in [0.29, 0.717) is 17.8 Å². The molecule has 0 bridgehead atoms. The molecule has 4 rings (SSSR count). The molecule has 0 spiro atoms. The fourth-order valence-electron chi connectivity index (χ4n) is 3.66. The Kier molecular flexibility index (Phi) is 5.57. The van der Waals surface area contributed by atoms with Gasteiger partial charge in [0.15, 0.2) is 0 Å². The summed E-state index contributed by atoms with van der Waals surface area (Å²) in [4.78, 5) is 33.8. The molecule has 3 aromatic rings. The van der Waals surface area contributed by atoms with Crippen molar-refractivity contribution in [1.29, 1.82) is 0 Å². The van der Waals surface area contributed by atoms with Crippen LogP contribution in [0.3, 0.4) is 0 Å². The molecule has 0 aliphatic carbocycles. The number of aromatic amines is 1. The molecule has 1 aromatic heterocycles. The maximum atomic E-state index is 12.7. The lowest BCUT2D eigenvalue weighted by molar-refractivity contribution is 0.102. The molecule has 150 valence electrons. The zero-order valence-electron chi connectivity index (χ0n) is 16.4. The number of ether oxygens (including phenoxy) is 1. The molecule has 1 atom stereocenters. The van der Waals surface area contributed by atoms with Gasteiger partial charge in [0.2, 0.25) is 0 Å². The Morgan fingerprint density at radius 2 is 2.10 bits per heavy atom. The lowest BCUT2D eigenvalue weighted by Crippen LogP contribution is -2.25. The van der Waals surface area contributed by atoms with Crippen molar-refractivity contribution in [2.75, 3.05) is 31.6 Å². The van der Waals surface area contributed by atoms with Gasteiger partial charge in [-0.05, 0) is 55.3 Å². The number of amides is 1.